The van der Waals surface area contributed by atoms with Gasteiger partial charge in [-0.25, -0.2) is 9.79 Å². The topological polar surface area (TPSA) is 139 Å². The van der Waals surface area contributed by atoms with Crippen LogP contribution >= 0.6 is 11.3 Å². The Morgan fingerprint density at radius 1 is 1.21 bits per heavy atom. The summed E-state index contributed by atoms with van der Waals surface area (Å²) in [4.78, 5) is 53.7. The number of benzene rings is 2. The number of hydrogen-bond donors (Lipinski definition) is 0. The van der Waals surface area contributed by atoms with Crippen molar-refractivity contribution in [1.29, 1.82) is 0 Å². The summed E-state index contributed by atoms with van der Waals surface area (Å²) < 4.78 is 17.3. The second-order valence-electron chi connectivity index (χ2n) is 8.16. The molecule has 2 heterocycles. The molecule has 12 heteroatoms. The zero-order valence-electron chi connectivity index (χ0n) is 20.9. The highest BCUT2D eigenvalue weighted by Gasteiger charge is 2.34. The Morgan fingerprint density at radius 2 is 1.97 bits per heavy atom. The fourth-order valence-corrected chi connectivity index (χ4v) is 5.13. The smallest absolute Gasteiger partial charge is 0.338 e. The van der Waals surface area contributed by atoms with Crippen molar-refractivity contribution in [1.82, 2.24) is 4.57 Å². The van der Waals surface area contributed by atoms with Crippen LogP contribution in [0.5, 0.6) is 11.5 Å². The first-order valence-electron chi connectivity index (χ1n) is 11.4. The Morgan fingerprint density at radius 3 is 2.63 bits per heavy atom. The molecule has 2 aromatic carbocycles. The van der Waals surface area contributed by atoms with Crippen LogP contribution in [0, 0.1) is 10.1 Å². The summed E-state index contributed by atoms with van der Waals surface area (Å²) in [6.45, 7) is 4.67. The van der Waals surface area contributed by atoms with Crippen LogP contribution in [0.15, 0.2) is 63.5 Å². The van der Waals surface area contributed by atoms with Gasteiger partial charge in [0.05, 0.1) is 40.5 Å². The Balaban J connectivity index is 1.92. The summed E-state index contributed by atoms with van der Waals surface area (Å²) in [5.74, 6) is -0.626. The van der Waals surface area contributed by atoms with Crippen molar-refractivity contribution in [2.75, 3.05) is 13.7 Å². The third kappa shape index (κ3) is 5.11. The van der Waals surface area contributed by atoms with Gasteiger partial charge in [0.25, 0.3) is 11.2 Å². The fourth-order valence-electron chi connectivity index (χ4n) is 4.08. The number of aromatic nitrogens is 1. The Kier molecular flexibility index (Phi) is 7.53. The number of nitro groups is 1. The van der Waals surface area contributed by atoms with Crippen LogP contribution in [0.4, 0.5) is 5.69 Å². The van der Waals surface area contributed by atoms with E-state index in [0.717, 1.165) is 11.3 Å². The first-order valence-corrected chi connectivity index (χ1v) is 12.3. The summed E-state index contributed by atoms with van der Waals surface area (Å²) in [6, 6.07) is 9.63. The minimum Gasteiger partial charge on any atom is -0.493 e. The number of rotatable bonds is 7. The zero-order chi connectivity index (χ0) is 27.6. The van der Waals surface area contributed by atoms with Crippen LogP contribution in [0.25, 0.3) is 6.08 Å². The van der Waals surface area contributed by atoms with Crippen LogP contribution in [0.1, 0.15) is 37.9 Å². The highest BCUT2D eigenvalue weighted by atomic mass is 32.1. The quantitative estimate of drug-likeness (QED) is 0.194. The van der Waals surface area contributed by atoms with Crippen molar-refractivity contribution in [2.45, 2.75) is 26.8 Å². The van der Waals surface area contributed by atoms with Gasteiger partial charge in [0.1, 0.15) is 0 Å². The monoisotopic (exact) mass is 537 g/mol. The number of methoxy groups -OCH3 is 1. The van der Waals surface area contributed by atoms with E-state index in [1.54, 1.807) is 44.2 Å². The number of fused-ring (bicyclic) bond motifs is 1. The van der Waals surface area contributed by atoms with Crippen molar-refractivity contribution in [3.63, 3.8) is 0 Å². The molecular formula is C26H23N3O8S. The lowest BCUT2D eigenvalue weighted by Crippen LogP contribution is -2.40. The largest absolute Gasteiger partial charge is 0.493 e. The number of thiazole rings is 1. The van der Waals surface area contributed by atoms with Gasteiger partial charge in [0, 0.05) is 19.1 Å². The van der Waals surface area contributed by atoms with Crippen molar-refractivity contribution in [3.8, 4) is 11.5 Å². The van der Waals surface area contributed by atoms with Gasteiger partial charge in [-0.1, -0.05) is 29.5 Å². The van der Waals surface area contributed by atoms with E-state index in [-0.39, 0.29) is 23.6 Å². The maximum absolute atomic E-state index is 13.7. The van der Waals surface area contributed by atoms with Crippen LogP contribution in [0.2, 0.25) is 0 Å². The highest BCUT2D eigenvalue weighted by Crippen LogP contribution is 2.32. The molecule has 11 nitrogen and oxygen atoms in total. The van der Waals surface area contributed by atoms with Crippen LogP contribution < -0.4 is 24.4 Å². The lowest BCUT2D eigenvalue weighted by molar-refractivity contribution is -0.384. The summed E-state index contributed by atoms with van der Waals surface area (Å²) in [5.41, 5.74) is 0.816. The van der Waals surface area contributed by atoms with E-state index < -0.39 is 28.5 Å². The average molecular weight is 538 g/mol. The third-order valence-electron chi connectivity index (χ3n) is 5.65. The number of non-ortho nitro benzene ring substituents is 1. The maximum atomic E-state index is 13.7. The molecule has 0 bridgehead atoms. The number of nitrogens with zero attached hydrogens (tertiary/aromatic N) is 3. The Hall–Kier alpha value is -4.58. The molecule has 0 spiro atoms. The molecule has 1 aliphatic rings. The fraction of sp³-hybridized carbons (Fsp3) is 0.231. The predicted molar refractivity (Wildman–Crippen MR) is 138 cm³/mol. The van der Waals surface area contributed by atoms with Gasteiger partial charge in [-0.05, 0) is 43.2 Å². The van der Waals surface area contributed by atoms with Crippen molar-refractivity contribution >= 4 is 35.0 Å². The van der Waals surface area contributed by atoms with Crippen molar-refractivity contribution < 1.29 is 28.7 Å². The second kappa shape index (κ2) is 10.8. The highest BCUT2D eigenvalue weighted by molar-refractivity contribution is 7.07. The Bertz CT molecular complexity index is 1670. The Labute approximate surface area is 220 Å². The molecule has 0 saturated carbocycles. The molecular weight excluding hydrogens is 514 g/mol. The van der Waals surface area contributed by atoms with Gasteiger partial charge in [0.2, 0.25) is 0 Å². The minimum absolute atomic E-state index is 0.104. The molecule has 1 aliphatic heterocycles. The van der Waals surface area contributed by atoms with Gasteiger partial charge in [-0.3, -0.25) is 24.3 Å². The molecule has 1 aromatic heterocycles. The molecule has 38 heavy (non-hydrogen) atoms. The van der Waals surface area contributed by atoms with Crippen LogP contribution in [0.3, 0.4) is 0 Å². The van der Waals surface area contributed by atoms with Crippen molar-refractivity contribution in [3.05, 3.63) is 94.7 Å². The summed E-state index contributed by atoms with van der Waals surface area (Å²) in [5, 5.41) is 11.4. The van der Waals surface area contributed by atoms with E-state index in [4.69, 9.17) is 14.2 Å². The molecule has 0 fully saturated rings. The van der Waals surface area contributed by atoms with Crippen molar-refractivity contribution in [2.24, 2.45) is 4.99 Å². The van der Waals surface area contributed by atoms with Gasteiger partial charge in [-0.15, -0.1) is 0 Å². The molecule has 0 amide bonds. The second-order valence-corrected chi connectivity index (χ2v) is 9.17. The number of hydrogen-bond acceptors (Lipinski definition) is 10. The SMILES string of the molecule is CCOC(=O)C1=C(C)N=c2s/c(=C/c3ccc(OC(C)=O)c(OC)c3)c(=O)n2[C@H]1c1cccc([N+](=O)[O-])c1. The molecule has 0 aliphatic carbocycles. The molecule has 0 N–H and O–H groups in total. The molecule has 196 valence electrons. The molecule has 4 rings (SSSR count). The lowest BCUT2D eigenvalue weighted by Gasteiger charge is -2.24. The zero-order valence-corrected chi connectivity index (χ0v) is 21.7. The summed E-state index contributed by atoms with van der Waals surface area (Å²) in [7, 11) is 1.43. The number of carbonyl (C=O) groups excluding carboxylic acids is 2. The summed E-state index contributed by atoms with van der Waals surface area (Å²) >= 11 is 1.11. The molecule has 0 saturated heterocycles. The number of carbonyl (C=O) groups is 2. The number of esters is 2. The third-order valence-corrected chi connectivity index (χ3v) is 6.64. The minimum atomic E-state index is -0.978. The number of allylic oxidation sites excluding steroid dienone is 1. The van der Waals surface area contributed by atoms with Crippen LogP contribution in [-0.4, -0.2) is 35.1 Å². The maximum Gasteiger partial charge on any atom is 0.338 e. The standard InChI is InChI=1S/C26H23N3O8S/c1-5-36-25(32)22-14(2)27-26-28(23(22)17-7-6-8-18(13-17)29(33)34)24(31)21(38-26)12-16-9-10-19(37-15(3)30)20(11-16)35-4/h6-13,23H,5H2,1-4H3/b21-12+/t23-/m0/s1. The van der Waals surface area contributed by atoms with Gasteiger partial charge in [-0.2, -0.15) is 0 Å². The first kappa shape index (κ1) is 26.5. The number of nitro benzene ring substituents is 1. The van der Waals surface area contributed by atoms with Gasteiger partial charge >= 0.3 is 11.9 Å². The van der Waals surface area contributed by atoms with E-state index in [1.807, 2.05) is 0 Å². The average Bonchev–Trinajstić information content (AvgIpc) is 3.18. The molecule has 0 unspecified atom stereocenters. The lowest BCUT2D eigenvalue weighted by atomic mass is 9.95. The van der Waals surface area contributed by atoms with E-state index in [9.17, 15) is 24.5 Å². The molecule has 1 atom stereocenters. The molecule has 3 aromatic rings. The summed E-state index contributed by atoms with van der Waals surface area (Å²) in [6.07, 6.45) is 1.62. The normalized spacial score (nSPS) is 14.9. The van der Waals surface area contributed by atoms with E-state index in [0.29, 0.717) is 31.9 Å². The van der Waals surface area contributed by atoms with Crippen LogP contribution in [-0.2, 0) is 14.3 Å². The number of ether oxygens (including phenoxy) is 3. The molecule has 0 radical (unpaired) electrons. The predicted octanol–water partition coefficient (Wildman–Crippen LogP) is 2.64. The van der Waals surface area contributed by atoms with E-state index >= 15 is 0 Å². The van der Waals surface area contributed by atoms with E-state index in [1.165, 1.54) is 36.8 Å². The first-order chi connectivity index (χ1) is 18.1. The van der Waals surface area contributed by atoms with Gasteiger partial charge in [0.15, 0.2) is 16.3 Å². The van der Waals surface area contributed by atoms with E-state index in [2.05, 4.69) is 4.99 Å². The van der Waals surface area contributed by atoms with Gasteiger partial charge < -0.3 is 14.2 Å².